The second-order valence-corrected chi connectivity index (χ2v) is 5.12. The maximum atomic E-state index is 5.70. The summed E-state index contributed by atoms with van der Waals surface area (Å²) in [6, 6.07) is 8.06. The topological polar surface area (TPSA) is 21.6 Å². The van der Waals surface area contributed by atoms with Crippen LogP contribution in [0.4, 0.5) is 5.69 Å². The van der Waals surface area contributed by atoms with E-state index in [9.17, 15) is 0 Å². The van der Waals surface area contributed by atoms with E-state index in [1.165, 1.54) is 0 Å². The third kappa shape index (κ3) is 2.32. The van der Waals surface area contributed by atoms with Crippen LogP contribution in [0.3, 0.4) is 0 Å². The fourth-order valence-electron chi connectivity index (χ4n) is 1.69. The van der Waals surface area contributed by atoms with E-state index >= 15 is 0 Å². The van der Waals surface area contributed by atoms with Gasteiger partial charge in [0.15, 0.2) is 5.90 Å². The molecule has 0 atom stereocenters. The molecule has 1 aromatic rings. The van der Waals surface area contributed by atoms with Gasteiger partial charge >= 0.3 is 0 Å². The number of hydrogen-bond acceptors (Lipinski definition) is 2. The molecule has 1 heterocycles. The lowest BCUT2D eigenvalue weighted by molar-refractivity contribution is 0.471. The fourth-order valence-corrected chi connectivity index (χ4v) is 1.69. The lowest BCUT2D eigenvalue weighted by Crippen LogP contribution is -2.09. The molecule has 0 aromatic heterocycles. The summed E-state index contributed by atoms with van der Waals surface area (Å²) in [5, 5.41) is 0. The van der Waals surface area contributed by atoms with Gasteiger partial charge in [0.1, 0.15) is 5.76 Å². The maximum Gasteiger partial charge on any atom is 0.192 e. The second-order valence-electron chi connectivity index (χ2n) is 5.12. The van der Waals surface area contributed by atoms with E-state index in [0.29, 0.717) is 5.90 Å². The number of rotatable bonds is 0. The van der Waals surface area contributed by atoms with Crippen LogP contribution in [0, 0.1) is 5.41 Å². The summed E-state index contributed by atoms with van der Waals surface area (Å²) in [5.41, 5.74) is 2.16. The van der Waals surface area contributed by atoms with E-state index in [1.807, 2.05) is 31.2 Å². The molecule has 1 aliphatic rings. The zero-order valence-corrected chi connectivity index (χ0v) is 10.2. The van der Waals surface area contributed by atoms with Crippen LogP contribution >= 0.6 is 0 Å². The SMILES string of the molecule is CC1=Nc2ccccc2/C(=C/C(C)(C)C)O1. The van der Waals surface area contributed by atoms with Gasteiger partial charge in [-0.3, -0.25) is 0 Å². The van der Waals surface area contributed by atoms with Crippen LogP contribution in [0.15, 0.2) is 35.3 Å². The molecule has 16 heavy (non-hydrogen) atoms. The number of fused-ring (bicyclic) bond motifs is 1. The van der Waals surface area contributed by atoms with Gasteiger partial charge in [-0.25, -0.2) is 4.99 Å². The molecule has 0 bridgehead atoms. The van der Waals surface area contributed by atoms with Crippen LogP contribution in [0.1, 0.15) is 33.3 Å². The largest absolute Gasteiger partial charge is 0.443 e. The number of ether oxygens (including phenoxy) is 1. The third-order valence-electron chi connectivity index (χ3n) is 2.27. The molecular formula is C14H17NO. The average Bonchev–Trinajstić information content (AvgIpc) is 2.14. The molecular weight excluding hydrogens is 198 g/mol. The summed E-state index contributed by atoms with van der Waals surface area (Å²) >= 11 is 0. The molecule has 0 amide bonds. The minimum atomic E-state index is 0.0973. The highest BCUT2D eigenvalue weighted by Crippen LogP contribution is 2.34. The van der Waals surface area contributed by atoms with Gasteiger partial charge in [-0.2, -0.15) is 0 Å². The molecule has 0 N–H and O–H groups in total. The van der Waals surface area contributed by atoms with Crippen molar-refractivity contribution < 1.29 is 4.74 Å². The normalized spacial score (nSPS) is 17.8. The Hall–Kier alpha value is -1.57. The number of nitrogens with zero attached hydrogens (tertiary/aromatic N) is 1. The van der Waals surface area contributed by atoms with Crippen LogP contribution < -0.4 is 0 Å². The first-order chi connectivity index (χ1) is 7.46. The summed E-state index contributed by atoms with van der Waals surface area (Å²) < 4.78 is 5.70. The van der Waals surface area contributed by atoms with Gasteiger partial charge in [0, 0.05) is 12.5 Å². The van der Waals surface area contributed by atoms with Crippen molar-refractivity contribution in [2.45, 2.75) is 27.7 Å². The first-order valence-corrected chi connectivity index (χ1v) is 5.51. The molecule has 0 radical (unpaired) electrons. The minimum absolute atomic E-state index is 0.0973. The van der Waals surface area contributed by atoms with Crippen molar-refractivity contribution in [1.82, 2.24) is 0 Å². The van der Waals surface area contributed by atoms with E-state index in [4.69, 9.17) is 4.74 Å². The molecule has 2 rings (SSSR count). The Morgan fingerprint density at radius 3 is 2.56 bits per heavy atom. The number of benzene rings is 1. The number of para-hydroxylation sites is 1. The Balaban J connectivity index is 2.52. The van der Waals surface area contributed by atoms with E-state index in [2.05, 4.69) is 31.8 Å². The lowest BCUT2D eigenvalue weighted by Gasteiger charge is -2.21. The standard InChI is InChI=1S/C14H17NO/c1-10-15-12-8-6-5-7-11(12)13(16-10)9-14(2,3)4/h5-9H,1-4H3/b13-9-. The minimum Gasteiger partial charge on any atom is -0.443 e. The zero-order valence-electron chi connectivity index (χ0n) is 10.2. The summed E-state index contributed by atoms with van der Waals surface area (Å²) in [6.45, 7) is 8.36. The van der Waals surface area contributed by atoms with Crippen LogP contribution in [0.25, 0.3) is 5.76 Å². The summed E-state index contributed by atoms with van der Waals surface area (Å²) in [4.78, 5) is 4.38. The second kappa shape index (κ2) is 3.78. The van der Waals surface area contributed by atoms with Gasteiger partial charge in [-0.1, -0.05) is 32.9 Å². The van der Waals surface area contributed by atoms with E-state index in [1.54, 1.807) is 0 Å². The van der Waals surface area contributed by atoms with Crippen molar-refractivity contribution in [1.29, 1.82) is 0 Å². The van der Waals surface area contributed by atoms with Crippen LogP contribution in [0.5, 0.6) is 0 Å². The number of allylic oxidation sites excluding steroid dienone is 1. The lowest BCUT2D eigenvalue weighted by atomic mass is 9.94. The molecule has 0 fully saturated rings. The van der Waals surface area contributed by atoms with Crippen molar-refractivity contribution in [3.8, 4) is 0 Å². The van der Waals surface area contributed by atoms with Gasteiger partial charge in [0.05, 0.1) is 5.69 Å². The average molecular weight is 215 g/mol. The van der Waals surface area contributed by atoms with Crippen molar-refractivity contribution in [2.75, 3.05) is 0 Å². The van der Waals surface area contributed by atoms with Gasteiger partial charge in [-0.15, -0.1) is 0 Å². The Morgan fingerprint density at radius 2 is 1.88 bits per heavy atom. The molecule has 2 nitrogen and oxygen atoms in total. The molecule has 0 aliphatic carbocycles. The molecule has 0 saturated carbocycles. The molecule has 84 valence electrons. The predicted octanol–water partition coefficient (Wildman–Crippen LogP) is 4.15. The van der Waals surface area contributed by atoms with Gasteiger partial charge < -0.3 is 4.74 Å². The van der Waals surface area contributed by atoms with Crippen LogP contribution in [-0.2, 0) is 4.74 Å². The first kappa shape index (κ1) is 10.9. The summed E-state index contributed by atoms with van der Waals surface area (Å²) in [7, 11) is 0. The quantitative estimate of drug-likeness (QED) is 0.637. The third-order valence-corrected chi connectivity index (χ3v) is 2.27. The van der Waals surface area contributed by atoms with Gasteiger partial charge in [0.2, 0.25) is 0 Å². The monoisotopic (exact) mass is 215 g/mol. The number of aliphatic imine (C=N–C) groups is 1. The Labute approximate surface area is 96.7 Å². The van der Waals surface area contributed by atoms with Gasteiger partial charge in [-0.05, 0) is 23.6 Å². The molecule has 1 aliphatic heterocycles. The summed E-state index contributed by atoms with van der Waals surface area (Å²) in [5.74, 6) is 1.62. The predicted molar refractivity (Wildman–Crippen MR) is 67.7 cm³/mol. The first-order valence-electron chi connectivity index (χ1n) is 5.51. The molecule has 0 saturated heterocycles. The molecule has 2 heteroatoms. The smallest absolute Gasteiger partial charge is 0.192 e. The van der Waals surface area contributed by atoms with E-state index in [0.717, 1.165) is 17.0 Å². The van der Waals surface area contributed by atoms with Crippen molar-refractivity contribution in [2.24, 2.45) is 10.4 Å². The van der Waals surface area contributed by atoms with Crippen molar-refractivity contribution in [3.05, 3.63) is 35.9 Å². The Bertz CT molecular complexity index is 464. The number of hydrogen-bond donors (Lipinski definition) is 0. The van der Waals surface area contributed by atoms with Crippen molar-refractivity contribution >= 4 is 17.3 Å². The Kier molecular flexibility index (Phi) is 2.58. The highest BCUT2D eigenvalue weighted by molar-refractivity contribution is 5.90. The zero-order chi connectivity index (χ0) is 11.8. The molecule has 1 aromatic carbocycles. The van der Waals surface area contributed by atoms with Gasteiger partial charge in [0.25, 0.3) is 0 Å². The van der Waals surface area contributed by atoms with E-state index < -0.39 is 0 Å². The van der Waals surface area contributed by atoms with Crippen LogP contribution in [0.2, 0.25) is 0 Å². The molecule has 0 unspecified atom stereocenters. The summed E-state index contributed by atoms with van der Waals surface area (Å²) in [6.07, 6.45) is 2.14. The maximum absolute atomic E-state index is 5.70. The fraction of sp³-hybridized carbons (Fsp3) is 0.357. The Morgan fingerprint density at radius 1 is 1.19 bits per heavy atom. The highest BCUT2D eigenvalue weighted by atomic mass is 16.5. The van der Waals surface area contributed by atoms with Crippen LogP contribution in [-0.4, -0.2) is 5.90 Å². The van der Waals surface area contributed by atoms with E-state index in [-0.39, 0.29) is 5.41 Å². The van der Waals surface area contributed by atoms with Crippen molar-refractivity contribution in [3.63, 3.8) is 0 Å². The highest BCUT2D eigenvalue weighted by Gasteiger charge is 2.18. The molecule has 0 spiro atoms.